The first-order valence-electron chi connectivity index (χ1n) is 11.8. The van der Waals surface area contributed by atoms with Crippen LogP contribution in [0.5, 0.6) is 17.2 Å². The Morgan fingerprint density at radius 3 is 2.11 bits per heavy atom. The van der Waals surface area contributed by atoms with Crippen molar-refractivity contribution in [3.8, 4) is 17.2 Å². The highest BCUT2D eigenvalue weighted by Crippen LogP contribution is 2.33. The number of methoxy groups -OCH3 is 3. The van der Waals surface area contributed by atoms with Crippen LogP contribution in [0.2, 0.25) is 0 Å². The van der Waals surface area contributed by atoms with Crippen LogP contribution in [0.25, 0.3) is 0 Å². The number of para-hydroxylation sites is 2. The summed E-state index contributed by atoms with van der Waals surface area (Å²) in [4.78, 5) is 17.4. The molecule has 10 heteroatoms. The van der Waals surface area contributed by atoms with Gasteiger partial charge in [0.1, 0.15) is 22.1 Å². The number of piperazine rings is 1. The molecule has 2 aromatic carbocycles. The van der Waals surface area contributed by atoms with Crippen molar-refractivity contribution in [3.63, 3.8) is 0 Å². The molecule has 0 spiro atoms. The highest BCUT2D eigenvalue weighted by Gasteiger charge is 2.36. The number of rotatable bonds is 7. The fourth-order valence-corrected chi connectivity index (χ4v) is 6.43. The zero-order valence-corrected chi connectivity index (χ0v) is 21.3. The Balaban J connectivity index is 1.36. The molecule has 0 bridgehead atoms. The highest BCUT2D eigenvalue weighted by atomic mass is 32.2. The normalized spacial score (nSPS) is 17.8. The van der Waals surface area contributed by atoms with Gasteiger partial charge in [0.25, 0.3) is 0 Å². The Bertz CT molecular complexity index is 1140. The van der Waals surface area contributed by atoms with E-state index in [1.54, 1.807) is 19.2 Å². The van der Waals surface area contributed by atoms with E-state index in [4.69, 9.17) is 14.2 Å². The summed E-state index contributed by atoms with van der Waals surface area (Å²) >= 11 is 0. The molecule has 2 aromatic rings. The summed E-state index contributed by atoms with van der Waals surface area (Å²) < 4.78 is 44.0. The lowest BCUT2D eigenvalue weighted by atomic mass is 9.96. The maximum absolute atomic E-state index is 13.3. The molecular weight excluding hydrogens is 470 g/mol. The first kappa shape index (κ1) is 25.1. The molecule has 2 heterocycles. The molecule has 1 amide bonds. The second kappa shape index (κ2) is 10.7. The van der Waals surface area contributed by atoms with Crippen LogP contribution in [-0.2, 0) is 14.8 Å². The van der Waals surface area contributed by atoms with Crippen LogP contribution < -0.4 is 19.1 Å². The summed E-state index contributed by atoms with van der Waals surface area (Å²) in [6, 6.07) is 12.6. The average Bonchev–Trinajstić information content (AvgIpc) is 2.92. The third kappa shape index (κ3) is 5.18. The molecule has 2 saturated heterocycles. The van der Waals surface area contributed by atoms with Gasteiger partial charge in [0.2, 0.25) is 15.9 Å². The standard InChI is InChI=1S/C25H33N3O6S/c1-32-20-8-9-23(34-3)24(18-20)35(30,31)28-12-10-19(11-13-28)25(29)27-16-14-26(15-17-27)21-6-4-5-7-22(21)33-2/h4-9,18-19H,10-17H2,1-3H3. The van der Waals surface area contributed by atoms with Gasteiger partial charge in [0.15, 0.2) is 0 Å². The van der Waals surface area contributed by atoms with Crippen LogP contribution in [-0.4, -0.2) is 84.1 Å². The summed E-state index contributed by atoms with van der Waals surface area (Å²) in [6.07, 6.45) is 0.994. The molecular formula is C25H33N3O6S. The van der Waals surface area contributed by atoms with E-state index in [9.17, 15) is 13.2 Å². The van der Waals surface area contributed by atoms with Gasteiger partial charge >= 0.3 is 0 Å². The fraction of sp³-hybridized carbons (Fsp3) is 0.480. The predicted molar refractivity (Wildman–Crippen MR) is 133 cm³/mol. The number of carbonyl (C=O) groups excluding carboxylic acids is 1. The van der Waals surface area contributed by atoms with Gasteiger partial charge < -0.3 is 24.0 Å². The number of hydrogen-bond acceptors (Lipinski definition) is 7. The third-order valence-corrected chi connectivity index (χ3v) is 8.73. The van der Waals surface area contributed by atoms with Crippen LogP contribution in [0, 0.1) is 5.92 Å². The number of sulfonamides is 1. The number of anilines is 1. The lowest BCUT2D eigenvalue weighted by Crippen LogP contribution is -2.52. The minimum absolute atomic E-state index is 0.0802. The zero-order valence-electron chi connectivity index (χ0n) is 20.5. The van der Waals surface area contributed by atoms with Gasteiger partial charge in [0, 0.05) is 51.3 Å². The monoisotopic (exact) mass is 503 g/mol. The number of benzene rings is 2. The van der Waals surface area contributed by atoms with E-state index in [1.807, 2.05) is 29.2 Å². The second-order valence-electron chi connectivity index (χ2n) is 8.68. The highest BCUT2D eigenvalue weighted by molar-refractivity contribution is 7.89. The van der Waals surface area contributed by atoms with Gasteiger partial charge in [-0.15, -0.1) is 0 Å². The summed E-state index contributed by atoms with van der Waals surface area (Å²) in [5, 5.41) is 0. The van der Waals surface area contributed by atoms with Crippen molar-refractivity contribution in [3.05, 3.63) is 42.5 Å². The molecule has 0 unspecified atom stereocenters. The number of hydrogen-bond donors (Lipinski definition) is 0. The van der Waals surface area contributed by atoms with Crippen LogP contribution in [0.3, 0.4) is 0 Å². The first-order chi connectivity index (χ1) is 16.9. The van der Waals surface area contributed by atoms with Gasteiger partial charge in [-0.1, -0.05) is 12.1 Å². The molecule has 2 aliphatic rings. The molecule has 0 saturated carbocycles. The van der Waals surface area contributed by atoms with Crippen LogP contribution in [0.1, 0.15) is 12.8 Å². The molecule has 190 valence electrons. The number of amides is 1. The minimum atomic E-state index is -3.77. The van der Waals surface area contributed by atoms with E-state index in [1.165, 1.54) is 24.6 Å². The molecule has 35 heavy (non-hydrogen) atoms. The summed E-state index contributed by atoms with van der Waals surface area (Å²) in [7, 11) is 0.827. The molecule has 0 aromatic heterocycles. The van der Waals surface area contributed by atoms with Crippen molar-refractivity contribution >= 4 is 21.6 Å². The van der Waals surface area contributed by atoms with Crippen molar-refractivity contribution < 1.29 is 27.4 Å². The number of carbonyl (C=O) groups is 1. The van der Waals surface area contributed by atoms with Crippen LogP contribution >= 0.6 is 0 Å². The van der Waals surface area contributed by atoms with E-state index in [-0.39, 0.29) is 22.5 Å². The number of piperidine rings is 1. The van der Waals surface area contributed by atoms with E-state index in [0.717, 1.165) is 24.5 Å². The van der Waals surface area contributed by atoms with Gasteiger partial charge in [-0.2, -0.15) is 4.31 Å². The number of nitrogens with zero attached hydrogens (tertiary/aromatic N) is 3. The average molecular weight is 504 g/mol. The molecule has 0 aliphatic carbocycles. The van der Waals surface area contributed by atoms with Gasteiger partial charge in [-0.3, -0.25) is 4.79 Å². The third-order valence-electron chi connectivity index (χ3n) is 6.81. The van der Waals surface area contributed by atoms with Crippen molar-refractivity contribution in [1.29, 1.82) is 0 Å². The lowest BCUT2D eigenvalue weighted by Gasteiger charge is -2.39. The van der Waals surface area contributed by atoms with E-state index >= 15 is 0 Å². The van der Waals surface area contributed by atoms with Gasteiger partial charge in [-0.05, 0) is 37.1 Å². The zero-order chi connectivity index (χ0) is 25.0. The topological polar surface area (TPSA) is 88.6 Å². The Labute approximate surface area is 207 Å². The van der Waals surface area contributed by atoms with Gasteiger partial charge in [0.05, 0.1) is 27.0 Å². The van der Waals surface area contributed by atoms with Crippen LogP contribution in [0.15, 0.2) is 47.4 Å². The van der Waals surface area contributed by atoms with Crippen molar-refractivity contribution in [2.24, 2.45) is 5.92 Å². The van der Waals surface area contributed by atoms with Crippen molar-refractivity contribution in [2.45, 2.75) is 17.7 Å². The molecule has 0 atom stereocenters. The summed E-state index contributed by atoms with van der Waals surface area (Å²) in [6.45, 7) is 3.32. The van der Waals surface area contributed by atoms with Crippen molar-refractivity contribution in [2.75, 3.05) is 65.5 Å². The quantitative estimate of drug-likeness (QED) is 0.574. The van der Waals surface area contributed by atoms with Crippen molar-refractivity contribution in [1.82, 2.24) is 9.21 Å². The van der Waals surface area contributed by atoms with Crippen LogP contribution in [0.4, 0.5) is 5.69 Å². The molecule has 0 N–H and O–H groups in total. The minimum Gasteiger partial charge on any atom is -0.497 e. The molecule has 0 radical (unpaired) electrons. The SMILES string of the molecule is COc1ccc(OC)c(S(=O)(=O)N2CCC(C(=O)N3CCN(c4ccccc4OC)CC3)CC2)c1. The smallest absolute Gasteiger partial charge is 0.246 e. The fourth-order valence-electron chi connectivity index (χ4n) is 4.78. The summed E-state index contributed by atoms with van der Waals surface area (Å²) in [5.74, 6) is 1.49. The number of ether oxygens (including phenoxy) is 3. The Kier molecular flexibility index (Phi) is 7.71. The molecule has 2 fully saturated rings. The maximum Gasteiger partial charge on any atom is 0.246 e. The Hall–Kier alpha value is -2.98. The Morgan fingerprint density at radius 1 is 0.829 bits per heavy atom. The largest absolute Gasteiger partial charge is 0.497 e. The van der Waals surface area contributed by atoms with Gasteiger partial charge in [-0.25, -0.2) is 8.42 Å². The Morgan fingerprint density at radius 2 is 1.49 bits per heavy atom. The molecule has 2 aliphatic heterocycles. The van der Waals surface area contributed by atoms with E-state index in [2.05, 4.69) is 4.90 Å². The second-order valence-corrected chi connectivity index (χ2v) is 10.6. The first-order valence-corrected chi connectivity index (χ1v) is 13.2. The molecule has 9 nitrogen and oxygen atoms in total. The van der Waals surface area contributed by atoms with E-state index in [0.29, 0.717) is 44.8 Å². The molecule has 4 rings (SSSR count). The van der Waals surface area contributed by atoms with E-state index < -0.39 is 10.0 Å². The predicted octanol–water partition coefficient (Wildman–Crippen LogP) is 2.46. The summed E-state index contributed by atoms with van der Waals surface area (Å²) in [5.41, 5.74) is 1.04. The maximum atomic E-state index is 13.3. The lowest BCUT2D eigenvalue weighted by molar-refractivity contribution is -0.137.